The van der Waals surface area contributed by atoms with Gasteiger partial charge in [-0.1, -0.05) is 58.9 Å². The topological polar surface area (TPSA) is 139 Å². The van der Waals surface area contributed by atoms with Crippen LogP contribution >= 0.6 is 0 Å². The highest BCUT2D eigenvalue weighted by Crippen LogP contribution is 2.25. The zero-order chi connectivity index (χ0) is 32.2. The minimum Gasteiger partial charge on any atom is -0.364 e. The maximum Gasteiger partial charge on any atom is 0.259 e. The number of nitrogens with one attached hydrogen (secondary N) is 1. The Morgan fingerprint density at radius 3 is 1.78 bits per heavy atom. The number of ketones is 1. The largest absolute Gasteiger partial charge is 0.364 e. The van der Waals surface area contributed by atoms with Gasteiger partial charge in [-0.05, 0) is 68.4 Å². The molecular weight excluding hydrogens is 586 g/mol. The molecule has 2 fully saturated rings. The Morgan fingerprint density at radius 2 is 1.26 bits per heavy atom. The molecule has 236 valence electrons. The Labute approximate surface area is 266 Å². The normalized spacial score (nSPS) is 18.0. The Hall–Kier alpha value is -5.32. The molecule has 0 spiro atoms. The number of aryl methyl sites for hydroxylation is 2. The fourth-order valence-electron chi connectivity index (χ4n) is 6.09. The molecule has 2 aliphatic rings. The lowest BCUT2D eigenvalue weighted by Crippen LogP contribution is -2.43. The lowest BCUT2D eigenvalue weighted by molar-refractivity contribution is -0.122. The number of rotatable bonds is 9. The van der Waals surface area contributed by atoms with Gasteiger partial charge in [-0.15, -0.1) is 0 Å². The van der Waals surface area contributed by atoms with Crippen LogP contribution in [0.2, 0.25) is 0 Å². The van der Waals surface area contributed by atoms with Crippen LogP contribution in [-0.4, -0.2) is 68.8 Å². The third-order valence-electron chi connectivity index (χ3n) is 8.67. The number of hydrogen-bond donors (Lipinski definition) is 1. The highest BCUT2D eigenvalue weighted by molar-refractivity contribution is 6.02. The van der Waals surface area contributed by atoms with Crippen molar-refractivity contribution in [1.82, 2.24) is 20.1 Å². The third kappa shape index (κ3) is 6.53. The number of carbonyl (C=O) groups excluding carboxylic acids is 4. The predicted octanol–water partition coefficient (Wildman–Crippen LogP) is 5.11. The zero-order valence-electron chi connectivity index (χ0n) is 25.8. The van der Waals surface area contributed by atoms with E-state index in [9.17, 15) is 19.2 Å². The van der Waals surface area contributed by atoms with Gasteiger partial charge in [-0.3, -0.25) is 19.2 Å². The second-order valence-corrected chi connectivity index (χ2v) is 11.8. The molecule has 2 saturated heterocycles. The van der Waals surface area contributed by atoms with E-state index in [1.807, 2.05) is 60.7 Å². The number of Topliss-reactive ketones (excluding diaryl/α,β-unsaturated/α-hetero) is 1. The van der Waals surface area contributed by atoms with Crippen LogP contribution in [0.3, 0.4) is 0 Å². The fourth-order valence-corrected chi connectivity index (χ4v) is 6.09. The highest BCUT2D eigenvalue weighted by Gasteiger charge is 2.36. The Bertz CT molecular complexity index is 1640. The number of nitrogens with zero attached hydrogens (tertiary/aromatic N) is 4. The quantitative estimate of drug-likeness (QED) is 0.255. The van der Waals surface area contributed by atoms with Gasteiger partial charge >= 0.3 is 0 Å². The van der Waals surface area contributed by atoms with Gasteiger partial charge in [0.2, 0.25) is 5.91 Å². The van der Waals surface area contributed by atoms with E-state index in [4.69, 9.17) is 9.05 Å². The van der Waals surface area contributed by atoms with E-state index in [0.29, 0.717) is 54.1 Å². The molecule has 4 aromatic rings. The SMILES string of the molecule is Cc1nocc1C(=O)N1CCC[C@H]1C(=O)Cc1ccc(/C=C/c2ccc(NC(=O)[C@@H]3CCCN3C(=O)c3conc3C)cc2)cc1. The van der Waals surface area contributed by atoms with Crippen molar-refractivity contribution in [3.05, 3.63) is 100 Å². The standard InChI is InChI=1S/C35H35N5O6/c1-22-28(20-45-37-22)34(43)39-17-3-5-30(39)32(41)19-26-11-9-24(10-12-26)7-8-25-13-15-27(16-14-25)36-33(42)31-6-4-18-40(31)35(44)29-21-46-38-23(29)2/h7-16,20-21,30-31H,3-6,17-19H2,1-2H3,(H,36,42)/b8-7+/t30-,31-/m0/s1. The Balaban J connectivity index is 1.01. The summed E-state index contributed by atoms with van der Waals surface area (Å²) in [4.78, 5) is 55.3. The van der Waals surface area contributed by atoms with Crippen molar-refractivity contribution < 1.29 is 28.2 Å². The average molecular weight is 622 g/mol. The molecule has 0 radical (unpaired) electrons. The molecule has 3 amide bonds. The van der Waals surface area contributed by atoms with Crippen LogP contribution in [-0.2, 0) is 16.0 Å². The lowest BCUT2D eigenvalue weighted by Gasteiger charge is -2.23. The molecule has 11 heteroatoms. The Kier molecular flexibility index (Phi) is 8.91. The van der Waals surface area contributed by atoms with E-state index >= 15 is 0 Å². The summed E-state index contributed by atoms with van der Waals surface area (Å²) in [6.07, 6.45) is 9.65. The second-order valence-electron chi connectivity index (χ2n) is 11.8. The maximum atomic E-state index is 13.2. The van der Waals surface area contributed by atoms with Crippen LogP contribution < -0.4 is 5.32 Å². The van der Waals surface area contributed by atoms with Crippen LogP contribution in [0.25, 0.3) is 12.2 Å². The van der Waals surface area contributed by atoms with Crippen LogP contribution in [0.15, 0.2) is 70.1 Å². The van der Waals surface area contributed by atoms with Crippen molar-refractivity contribution in [2.24, 2.45) is 0 Å². The summed E-state index contributed by atoms with van der Waals surface area (Å²) in [6, 6.07) is 14.3. The van der Waals surface area contributed by atoms with Crippen molar-refractivity contribution in [3.8, 4) is 0 Å². The van der Waals surface area contributed by atoms with E-state index < -0.39 is 12.1 Å². The number of amides is 3. The molecular formula is C35H35N5O6. The van der Waals surface area contributed by atoms with E-state index in [-0.39, 0.29) is 29.9 Å². The number of hydrogen-bond acceptors (Lipinski definition) is 8. The smallest absolute Gasteiger partial charge is 0.259 e. The van der Waals surface area contributed by atoms with Gasteiger partial charge in [0.15, 0.2) is 5.78 Å². The molecule has 6 rings (SSSR count). The van der Waals surface area contributed by atoms with E-state index in [2.05, 4.69) is 15.6 Å². The molecule has 2 aliphatic heterocycles. The van der Waals surface area contributed by atoms with E-state index in [0.717, 1.165) is 29.5 Å². The third-order valence-corrected chi connectivity index (χ3v) is 8.67. The monoisotopic (exact) mass is 621 g/mol. The lowest BCUT2D eigenvalue weighted by atomic mass is 10.0. The van der Waals surface area contributed by atoms with Gasteiger partial charge in [0.05, 0.1) is 17.4 Å². The molecule has 2 aromatic carbocycles. The van der Waals surface area contributed by atoms with Gasteiger partial charge in [-0.25, -0.2) is 0 Å². The first-order valence-electron chi connectivity index (χ1n) is 15.4. The van der Waals surface area contributed by atoms with Crippen LogP contribution in [0.5, 0.6) is 0 Å². The molecule has 11 nitrogen and oxygen atoms in total. The van der Waals surface area contributed by atoms with E-state index in [1.54, 1.807) is 23.6 Å². The average Bonchev–Trinajstić information content (AvgIpc) is 3.88. The van der Waals surface area contributed by atoms with Crippen molar-refractivity contribution >= 4 is 41.3 Å². The molecule has 0 bridgehead atoms. The molecule has 2 atom stereocenters. The van der Waals surface area contributed by atoms with Crippen LogP contribution in [0.1, 0.15) is 74.5 Å². The van der Waals surface area contributed by atoms with Gasteiger partial charge in [0.25, 0.3) is 11.8 Å². The van der Waals surface area contributed by atoms with Gasteiger partial charge in [0, 0.05) is 25.2 Å². The maximum absolute atomic E-state index is 13.2. The first-order valence-corrected chi connectivity index (χ1v) is 15.4. The van der Waals surface area contributed by atoms with Crippen LogP contribution in [0, 0.1) is 13.8 Å². The number of likely N-dealkylation sites (tertiary alicyclic amines) is 2. The van der Waals surface area contributed by atoms with Crippen molar-refractivity contribution in [2.45, 2.75) is 58.0 Å². The molecule has 1 N–H and O–H groups in total. The summed E-state index contributed by atoms with van der Waals surface area (Å²) in [7, 11) is 0. The summed E-state index contributed by atoms with van der Waals surface area (Å²) in [6.45, 7) is 4.47. The summed E-state index contributed by atoms with van der Waals surface area (Å²) in [5.41, 5.74) is 5.27. The Morgan fingerprint density at radius 1 is 0.761 bits per heavy atom. The minimum atomic E-state index is -0.553. The number of carbonyl (C=O) groups is 4. The van der Waals surface area contributed by atoms with E-state index in [1.165, 1.54) is 12.5 Å². The predicted molar refractivity (Wildman–Crippen MR) is 170 cm³/mol. The number of aromatic nitrogens is 2. The minimum absolute atomic E-state index is 0.0213. The zero-order valence-corrected chi connectivity index (χ0v) is 25.8. The molecule has 0 saturated carbocycles. The molecule has 46 heavy (non-hydrogen) atoms. The van der Waals surface area contributed by atoms with Crippen molar-refractivity contribution in [3.63, 3.8) is 0 Å². The van der Waals surface area contributed by atoms with Gasteiger partial charge in [0.1, 0.15) is 29.7 Å². The molecule has 4 heterocycles. The number of benzene rings is 2. The summed E-state index contributed by atoms with van der Waals surface area (Å²) in [5, 5.41) is 10.5. The fraction of sp³-hybridized carbons (Fsp3) is 0.314. The van der Waals surface area contributed by atoms with Gasteiger partial charge in [-0.2, -0.15) is 0 Å². The molecule has 0 unspecified atom stereocenters. The van der Waals surface area contributed by atoms with Crippen LogP contribution in [0.4, 0.5) is 5.69 Å². The molecule has 0 aliphatic carbocycles. The molecule has 2 aromatic heterocycles. The first-order chi connectivity index (χ1) is 22.3. The highest BCUT2D eigenvalue weighted by atomic mass is 16.5. The second kappa shape index (κ2) is 13.4. The summed E-state index contributed by atoms with van der Waals surface area (Å²) >= 11 is 0. The number of anilines is 1. The summed E-state index contributed by atoms with van der Waals surface area (Å²) < 4.78 is 9.82. The summed E-state index contributed by atoms with van der Waals surface area (Å²) in [5.74, 6) is -0.660. The first kappa shape index (κ1) is 30.7. The van der Waals surface area contributed by atoms with Gasteiger partial charge < -0.3 is 24.2 Å². The van der Waals surface area contributed by atoms with Crippen molar-refractivity contribution in [2.75, 3.05) is 18.4 Å². The van der Waals surface area contributed by atoms with Crippen molar-refractivity contribution in [1.29, 1.82) is 0 Å².